The highest BCUT2D eigenvalue weighted by molar-refractivity contribution is 6.74. The van der Waals surface area contributed by atoms with Crippen molar-refractivity contribution >= 4 is 8.32 Å². The van der Waals surface area contributed by atoms with Crippen LogP contribution in [0.15, 0.2) is 23.3 Å². The molecule has 112 valence electrons. The van der Waals surface area contributed by atoms with Crippen molar-refractivity contribution in [3.05, 3.63) is 23.3 Å². The van der Waals surface area contributed by atoms with E-state index >= 15 is 0 Å². The summed E-state index contributed by atoms with van der Waals surface area (Å²) in [5, 5.41) is 0.315. The van der Waals surface area contributed by atoms with Crippen LogP contribution in [0.3, 0.4) is 0 Å². The SMILES string of the molecule is CC(C)=CCC/C(C)=C/CCO[Si](C)(C)C(C)(C)C. The second-order valence-corrected chi connectivity index (χ2v) is 12.1. The quantitative estimate of drug-likeness (QED) is 0.312. The van der Waals surface area contributed by atoms with Gasteiger partial charge < -0.3 is 4.43 Å². The van der Waals surface area contributed by atoms with Gasteiger partial charge in [-0.25, -0.2) is 0 Å². The third-order valence-electron chi connectivity index (χ3n) is 3.97. The summed E-state index contributed by atoms with van der Waals surface area (Å²) in [7, 11) is -1.56. The van der Waals surface area contributed by atoms with Crippen molar-refractivity contribution in [1.82, 2.24) is 0 Å². The molecule has 0 aromatic carbocycles. The topological polar surface area (TPSA) is 9.23 Å². The van der Waals surface area contributed by atoms with Gasteiger partial charge in [0.05, 0.1) is 0 Å². The molecule has 0 spiro atoms. The van der Waals surface area contributed by atoms with E-state index in [9.17, 15) is 0 Å². The number of hydrogen-bond donors (Lipinski definition) is 0. The van der Waals surface area contributed by atoms with Gasteiger partial charge in [0.2, 0.25) is 0 Å². The molecule has 0 aromatic rings. The molecule has 0 heterocycles. The second kappa shape index (κ2) is 8.06. The molecule has 0 fully saturated rings. The van der Waals surface area contributed by atoms with Crippen LogP contribution in [-0.4, -0.2) is 14.9 Å². The van der Waals surface area contributed by atoms with Gasteiger partial charge in [0.25, 0.3) is 0 Å². The Labute approximate surface area is 122 Å². The van der Waals surface area contributed by atoms with E-state index in [-0.39, 0.29) is 0 Å². The molecule has 1 nitrogen and oxygen atoms in total. The number of allylic oxidation sites excluding steroid dienone is 3. The average molecular weight is 283 g/mol. The lowest BCUT2D eigenvalue weighted by Crippen LogP contribution is -2.40. The van der Waals surface area contributed by atoms with Gasteiger partial charge in [-0.3, -0.25) is 0 Å². The number of rotatable bonds is 7. The highest BCUT2D eigenvalue weighted by Crippen LogP contribution is 2.36. The summed E-state index contributed by atoms with van der Waals surface area (Å²) in [6.45, 7) is 18.9. The van der Waals surface area contributed by atoms with Gasteiger partial charge in [0.1, 0.15) is 0 Å². The van der Waals surface area contributed by atoms with E-state index in [0.717, 1.165) is 19.4 Å². The van der Waals surface area contributed by atoms with Gasteiger partial charge in [-0.05, 0) is 58.2 Å². The Bertz CT molecular complexity index is 315. The largest absolute Gasteiger partial charge is 0.417 e. The minimum absolute atomic E-state index is 0.315. The Morgan fingerprint density at radius 3 is 2.05 bits per heavy atom. The normalized spacial score (nSPS) is 13.6. The molecule has 2 heteroatoms. The van der Waals surface area contributed by atoms with Crippen LogP contribution in [0, 0.1) is 0 Å². The molecular weight excluding hydrogens is 248 g/mol. The van der Waals surface area contributed by atoms with Crippen LogP contribution in [0.25, 0.3) is 0 Å². The van der Waals surface area contributed by atoms with Crippen molar-refractivity contribution < 1.29 is 4.43 Å². The smallest absolute Gasteiger partial charge is 0.191 e. The van der Waals surface area contributed by atoms with Crippen LogP contribution in [0.1, 0.15) is 60.8 Å². The van der Waals surface area contributed by atoms with Gasteiger partial charge in [0, 0.05) is 6.61 Å². The van der Waals surface area contributed by atoms with Crippen LogP contribution >= 0.6 is 0 Å². The molecule has 0 radical (unpaired) electrons. The zero-order valence-corrected chi connectivity index (χ0v) is 15.4. The Morgan fingerprint density at radius 2 is 1.58 bits per heavy atom. The molecule has 0 N–H and O–H groups in total. The molecular formula is C17H34OSi. The van der Waals surface area contributed by atoms with Gasteiger partial charge in [0.15, 0.2) is 8.32 Å². The van der Waals surface area contributed by atoms with Gasteiger partial charge in [-0.1, -0.05) is 44.1 Å². The first-order valence-electron chi connectivity index (χ1n) is 7.49. The molecule has 19 heavy (non-hydrogen) atoms. The zero-order valence-electron chi connectivity index (χ0n) is 14.4. The Balaban J connectivity index is 4.00. The molecule has 0 bridgehead atoms. The van der Waals surface area contributed by atoms with Crippen LogP contribution in [0.5, 0.6) is 0 Å². The Kier molecular flexibility index (Phi) is 7.91. The van der Waals surface area contributed by atoms with Crippen LogP contribution in [-0.2, 0) is 4.43 Å². The maximum absolute atomic E-state index is 6.17. The summed E-state index contributed by atoms with van der Waals surface area (Å²) in [5.41, 5.74) is 2.89. The van der Waals surface area contributed by atoms with Crippen molar-refractivity contribution in [3.63, 3.8) is 0 Å². The first kappa shape index (κ1) is 18.7. The molecule has 0 aliphatic heterocycles. The fourth-order valence-electron chi connectivity index (χ4n) is 1.53. The second-order valence-electron chi connectivity index (χ2n) is 7.27. The summed E-state index contributed by atoms with van der Waals surface area (Å²) in [5.74, 6) is 0. The number of hydrogen-bond acceptors (Lipinski definition) is 1. The lowest BCUT2D eigenvalue weighted by molar-refractivity contribution is 0.294. The van der Waals surface area contributed by atoms with E-state index in [1.54, 1.807) is 0 Å². The maximum Gasteiger partial charge on any atom is 0.191 e. The van der Waals surface area contributed by atoms with E-state index in [1.165, 1.54) is 17.6 Å². The summed E-state index contributed by atoms with van der Waals surface area (Å²) in [6.07, 6.45) is 8.03. The monoisotopic (exact) mass is 282 g/mol. The Hall–Kier alpha value is -0.343. The summed E-state index contributed by atoms with van der Waals surface area (Å²) in [4.78, 5) is 0. The molecule has 0 saturated carbocycles. The minimum atomic E-state index is -1.56. The highest BCUT2D eigenvalue weighted by atomic mass is 28.4. The van der Waals surface area contributed by atoms with Crippen LogP contribution < -0.4 is 0 Å². The molecule has 0 rings (SSSR count). The summed E-state index contributed by atoms with van der Waals surface area (Å²) >= 11 is 0. The van der Waals surface area contributed by atoms with Crippen molar-refractivity contribution in [2.75, 3.05) is 6.61 Å². The molecule has 0 saturated heterocycles. The fraction of sp³-hybridized carbons (Fsp3) is 0.765. The van der Waals surface area contributed by atoms with E-state index in [0.29, 0.717) is 5.04 Å². The molecule has 0 atom stereocenters. The zero-order chi connectivity index (χ0) is 15.1. The third-order valence-corrected chi connectivity index (χ3v) is 8.51. The van der Waals surface area contributed by atoms with Crippen LogP contribution in [0.2, 0.25) is 18.1 Å². The predicted octanol–water partition coefficient (Wildman–Crippen LogP) is 6.09. The first-order chi connectivity index (χ1) is 8.56. The molecule has 0 aliphatic rings. The van der Waals surface area contributed by atoms with Crippen molar-refractivity contribution in [3.8, 4) is 0 Å². The van der Waals surface area contributed by atoms with Crippen LogP contribution in [0.4, 0.5) is 0 Å². The van der Waals surface area contributed by atoms with E-state index in [1.807, 2.05) is 0 Å². The fourth-order valence-corrected chi connectivity index (χ4v) is 2.59. The molecule has 0 aromatic heterocycles. The molecule has 0 unspecified atom stereocenters. The first-order valence-corrected chi connectivity index (χ1v) is 10.4. The van der Waals surface area contributed by atoms with E-state index < -0.39 is 8.32 Å². The minimum Gasteiger partial charge on any atom is -0.417 e. The van der Waals surface area contributed by atoms with E-state index in [2.05, 4.69) is 66.8 Å². The molecule has 0 amide bonds. The Morgan fingerprint density at radius 1 is 1.00 bits per heavy atom. The lowest BCUT2D eigenvalue weighted by atomic mass is 10.1. The molecule has 0 aliphatic carbocycles. The van der Waals surface area contributed by atoms with Gasteiger partial charge in [-0.2, -0.15) is 0 Å². The summed E-state index contributed by atoms with van der Waals surface area (Å²) < 4.78 is 6.17. The average Bonchev–Trinajstić information content (AvgIpc) is 2.22. The van der Waals surface area contributed by atoms with Crippen molar-refractivity contribution in [2.24, 2.45) is 0 Å². The lowest BCUT2D eigenvalue weighted by Gasteiger charge is -2.36. The highest BCUT2D eigenvalue weighted by Gasteiger charge is 2.36. The standard InChI is InChI=1S/C17H34OSi/c1-15(2)11-9-12-16(3)13-10-14-18-19(7,8)17(4,5)6/h11,13H,9-10,12,14H2,1-8H3/b16-13+. The van der Waals surface area contributed by atoms with Gasteiger partial charge >= 0.3 is 0 Å². The maximum atomic E-state index is 6.17. The van der Waals surface area contributed by atoms with Crippen molar-refractivity contribution in [1.29, 1.82) is 0 Å². The van der Waals surface area contributed by atoms with Crippen molar-refractivity contribution in [2.45, 2.75) is 78.9 Å². The van der Waals surface area contributed by atoms with E-state index in [4.69, 9.17) is 4.43 Å². The van der Waals surface area contributed by atoms with Gasteiger partial charge in [-0.15, -0.1) is 0 Å². The predicted molar refractivity (Wildman–Crippen MR) is 90.2 cm³/mol. The summed E-state index contributed by atoms with van der Waals surface area (Å²) in [6, 6.07) is 0. The third kappa shape index (κ3) is 8.43.